The van der Waals surface area contributed by atoms with Crippen molar-refractivity contribution in [3.63, 3.8) is 0 Å². The van der Waals surface area contributed by atoms with E-state index in [4.69, 9.17) is 11.6 Å². The molecule has 1 aliphatic heterocycles. The molecule has 1 amide bonds. The van der Waals surface area contributed by atoms with Gasteiger partial charge in [-0.3, -0.25) is 9.78 Å². The van der Waals surface area contributed by atoms with Crippen molar-refractivity contribution in [3.05, 3.63) is 69.6 Å². The molecule has 1 aromatic carbocycles. The smallest absolute Gasteiger partial charge is 0.266 e. The van der Waals surface area contributed by atoms with Crippen molar-refractivity contribution in [2.45, 2.75) is 32.2 Å². The van der Waals surface area contributed by atoms with Crippen molar-refractivity contribution in [1.82, 2.24) is 14.9 Å². The van der Waals surface area contributed by atoms with E-state index < -0.39 is 0 Å². The van der Waals surface area contributed by atoms with Gasteiger partial charge in [0.25, 0.3) is 5.91 Å². The normalized spacial score (nSPS) is 16.5. The average Bonchev–Trinajstić information content (AvgIpc) is 3.31. The van der Waals surface area contributed by atoms with Crippen LogP contribution in [0, 0.1) is 12.7 Å². The summed E-state index contributed by atoms with van der Waals surface area (Å²) in [6, 6.07) is 10.3. The molecule has 0 N–H and O–H groups in total. The van der Waals surface area contributed by atoms with Crippen LogP contribution in [-0.4, -0.2) is 33.4 Å². The number of carbonyl (C=O) groups is 1. The molecule has 1 atom stereocenters. The Morgan fingerprint density at radius 1 is 1.32 bits per heavy atom. The number of carbonyl (C=O) groups excluding carboxylic acids is 1. The van der Waals surface area contributed by atoms with Crippen LogP contribution in [0.15, 0.2) is 42.6 Å². The van der Waals surface area contributed by atoms with Gasteiger partial charge in [-0.05, 0) is 50.5 Å². The Morgan fingerprint density at radius 3 is 2.93 bits per heavy atom. The maximum absolute atomic E-state index is 14.2. The minimum absolute atomic E-state index is 0.0489. The summed E-state index contributed by atoms with van der Waals surface area (Å²) in [5, 5.41) is 1.14. The van der Waals surface area contributed by atoms with Crippen LogP contribution in [0.5, 0.6) is 0 Å². The van der Waals surface area contributed by atoms with Crippen molar-refractivity contribution in [2.24, 2.45) is 0 Å². The molecule has 0 saturated carbocycles. The zero-order valence-corrected chi connectivity index (χ0v) is 16.9. The van der Waals surface area contributed by atoms with Gasteiger partial charge in [0.15, 0.2) is 0 Å². The first-order valence-corrected chi connectivity index (χ1v) is 10.4. The van der Waals surface area contributed by atoms with Crippen LogP contribution in [0.25, 0.3) is 10.7 Å². The van der Waals surface area contributed by atoms with E-state index in [0.717, 1.165) is 23.5 Å². The van der Waals surface area contributed by atoms with Crippen LogP contribution in [0.2, 0.25) is 5.02 Å². The molecule has 2 aromatic heterocycles. The Morgan fingerprint density at radius 2 is 2.18 bits per heavy atom. The fourth-order valence-corrected chi connectivity index (χ4v) is 4.84. The summed E-state index contributed by atoms with van der Waals surface area (Å²) >= 11 is 7.55. The summed E-state index contributed by atoms with van der Waals surface area (Å²) in [7, 11) is 0. The molecule has 1 fully saturated rings. The molecule has 0 spiro atoms. The van der Waals surface area contributed by atoms with Gasteiger partial charge in [0.1, 0.15) is 15.7 Å². The average molecular weight is 416 g/mol. The van der Waals surface area contributed by atoms with E-state index in [1.54, 1.807) is 18.3 Å². The highest BCUT2D eigenvalue weighted by Gasteiger charge is 2.32. The van der Waals surface area contributed by atoms with Gasteiger partial charge in [0.05, 0.1) is 11.4 Å². The number of likely N-dealkylation sites (tertiary alicyclic amines) is 1. The van der Waals surface area contributed by atoms with Gasteiger partial charge in [0, 0.05) is 29.4 Å². The molecule has 0 aliphatic carbocycles. The molecule has 28 heavy (non-hydrogen) atoms. The van der Waals surface area contributed by atoms with E-state index in [1.165, 1.54) is 17.4 Å². The Labute approximate surface area is 172 Å². The molecule has 0 unspecified atom stereocenters. The highest BCUT2D eigenvalue weighted by molar-refractivity contribution is 7.17. The van der Waals surface area contributed by atoms with Crippen molar-refractivity contribution in [1.29, 1.82) is 0 Å². The van der Waals surface area contributed by atoms with E-state index in [0.29, 0.717) is 34.1 Å². The third-order valence-electron chi connectivity index (χ3n) is 5.01. The van der Waals surface area contributed by atoms with E-state index in [2.05, 4.69) is 9.97 Å². The maximum Gasteiger partial charge on any atom is 0.266 e. The number of aryl methyl sites for hydroxylation is 1. The highest BCUT2D eigenvalue weighted by Crippen LogP contribution is 2.32. The first-order chi connectivity index (χ1) is 13.5. The standard InChI is InChI=1S/C21H19ClFN3OS/c1-13-19(28-20(25-13)18-9-2-3-10-24-18)21(27)26-11-5-6-14(26)12-15-16(22)7-4-8-17(15)23/h2-4,7-10,14H,5-6,11-12H2,1H3/t14-/m1/s1. The lowest BCUT2D eigenvalue weighted by molar-refractivity contribution is 0.0740. The number of halogens is 2. The third-order valence-corrected chi connectivity index (χ3v) is 6.54. The molecular formula is C21H19ClFN3OS. The quantitative estimate of drug-likeness (QED) is 0.591. The monoisotopic (exact) mass is 415 g/mol. The first kappa shape index (κ1) is 19.0. The van der Waals surface area contributed by atoms with Crippen LogP contribution >= 0.6 is 22.9 Å². The number of nitrogens with zero attached hydrogens (tertiary/aromatic N) is 3. The lowest BCUT2D eigenvalue weighted by atomic mass is 10.0. The molecule has 0 bridgehead atoms. The predicted octanol–water partition coefficient (Wildman–Crippen LogP) is 5.15. The number of pyridine rings is 1. The van der Waals surface area contributed by atoms with E-state index in [9.17, 15) is 9.18 Å². The van der Waals surface area contributed by atoms with Crippen molar-refractivity contribution >= 4 is 28.8 Å². The molecule has 7 heteroatoms. The zero-order chi connectivity index (χ0) is 19.7. The topological polar surface area (TPSA) is 46.1 Å². The second kappa shape index (κ2) is 7.97. The van der Waals surface area contributed by atoms with Crippen LogP contribution in [0.3, 0.4) is 0 Å². The first-order valence-electron chi connectivity index (χ1n) is 9.17. The molecule has 4 nitrogen and oxygen atoms in total. The molecule has 0 radical (unpaired) electrons. The summed E-state index contributed by atoms with van der Waals surface area (Å²) in [4.78, 5) is 24.5. The van der Waals surface area contributed by atoms with E-state index >= 15 is 0 Å². The maximum atomic E-state index is 14.2. The number of hydrogen-bond donors (Lipinski definition) is 0. The van der Waals surface area contributed by atoms with Gasteiger partial charge in [0.2, 0.25) is 0 Å². The molecule has 1 aliphatic rings. The minimum Gasteiger partial charge on any atom is -0.335 e. The summed E-state index contributed by atoms with van der Waals surface area (Å²) in [5.74, 6) is -0.370. The second-order valence-electron chi connectivity index (χ2n) is 6.85. The van der Waals surface area contributed by atoms with Crippen molar-refractivity contribution in [3.8, 4) is 10.7 Å². The largest absolute Gasteiger partial charge is 0.335 e. The van der Waals surface area contributed by atoms with Crippen molar-refractivity contribution < 1.29 is 9.18 Å². The van der Waals surface area contributed by atoms with Gasteiger partial charge in [-0.2, -0.15) is 0 Å². The molecule has 144 valence electrons. The molecule has 1 saturated heterocycles. The Kier molecular flexibility index (Phi) is 5.42. The summed E-state index contributed by atoms with van der Waals surface area (Å²) in [6.45, 7) is 2.50. The van der Waals surface area contributed by atoms with Crippen LogP contribution < -0.4 is 0 Å². The second-order valence-corrected chi connectivity index (χ2v) is 8.25. The Balaban J connectivity index is 1.58. The van der Waals surface area contributed by atoms with Gasteiger partial charge >= 0.3 is 0 Å². The minimum atomic E-state index is -0.321. The molecular weight excluding hydrogens is 397 g/mol. The number of aromatic nitrogens is 2. The lowest BCUT2D eigenvalue weighted by Crippen LogP contribution is -2.37. The lowest BCUT2D eigenvalue weighted by Gasteiger charge is -2.25. The number of hydrogen-bond acceptors (Lipinski definition) is 4. The number of amides is 1. The Hall–Kier alpha value is -2.31. The molecule has 3 aromatic rings. The van der Waals surface area contributed by atoms with Gasteiger partial charge in [-0.15, -0.1) is 11.3 Å². The number of rotatable bonds is 4. The summed E-state index contributed by atoms with van der Waals surface area (Å²) in [5.41, 5.74) is 1.93. The number of thiazole rings is 1. The fraction of sp³-hybridized carbons (Fsp3) is 0.286. The Bertz CT molecular complexity index is 988. The van der Waals surface area contributed by atoms with Gasteiger partial charge < -0.3 is 4.90 Å². The van der Waals surface area contributed by atoms with E-state index in [-0.39, 0.29) is 17.8 Å². The predicted molar refractivity (Wildman–Crippen MR) is 109 cm³/mol. The summed E-state index contributed by atoms with van der Waals surface area (Å²) in [6.07, 6.45) is 3.86. The molecule has 3 heterocycles. The highest BCUT2D eigenvalue weighted by atomic mass is 35.5. The van der Waals surface area contributed by atoms with Gasteiger partial charge in [-0.1, -0.05) is 23.7 Å². The van der Waals surface area contributed by atoms with E-state index in [1.807, 2.05) is 30.0 Å². The van der Waals surface area contributed by atoms with Crippen molar-refractivity contribution in [2.75, 3.05) is 6.54 Å². The van der Waals surface area contributed by atoms with Gasteiger partial charge in [-0.25, -0.2) is 9.37 Å². The molecule has 4 rings (SSSR count). The number of benzene rings is 1. The summed E-state index contributed by atoms with van der Waals surface area (Å²) < 4.78 is 14.2. The fourth-order valence-electron chi connectivity index (χ4n) is 3.60. The van der Waals surface area contributed by atoms with Crippen LogP contribution in [-0.2, 0) is 6.42 Å². The van der Waals surface area contributed by atoms with Crippen LogP contribution in [0.4, 0.5) is 4.39 Å². The SMILES string of the molecule is Cc1nc(-c2ccccn2)sc1C(=O)N1CCC[C@@H]1Cc1c(F)cccc1Cl. The zero-order valence-electron chi connectivity index (χ0n) is 15.4. The third kappa shape index (κ3) is 3.66. The van der Waals surface area contributed by atoms with Crippen LogP contribution in [0.1, 0.15) is 33.8 Å².